The number of quaternary nitrogens is 2. The Balaban J connectivity index is -0.000000253. The van der Waals surface area contributed by atoms with Crippen LogP contribution in [0.5, 0.6) is 0 Å². The van der Waals surface area contributed by atoms with E-state index in [4.69, 9.17) is 20.4 Å². The maximum atomic E-state index is 10.2. The van der Waals surface area contributed by atoms with Crippen molar-refractivity contribution in [3.63, 3.8) is 0 Å². The average molecular weight is 635 g/mol. The normalized spacial score (nSPS) is 11.4. The van der Waals surface area contributed by atoms with Gasteiger partial charge in [0.05, 0.1) is 61.7 Å². The first kappa shape index (κ1) is 48.0. The number of aliphatic carboxylic acids is 1. The first-order valence-corrected chi connectivity index (χ1v) is 16.7. The van der Waals surface area contributed by atoms with Crippen molar-refractivity contribution in [1.82, 2.24) is 0 Å². The molecule has 4 N–H and O–H groups in total. The van der Waals surface area contributed by atoms with Crippen molar-refractivity contribution >= 4 is 16.4 Å². The summed E-state index contributed by atoms with van der Waals surface area (Å²) in [6.07, 6.45) is 16.9. The summed E-state index contributed by atoms with van der Waals surface area (Å²) in [7, 11) is 4.31. The summed E-state index contributed by atoms with van der Waals surface area (Å²) in [4.78, 5) is 10.2. The van der Waals surface area contributed by atoms with E-state index < -0.39 is 16.4 Å². The van der Waals surface area contributed by atoms with Gasteiger partial charge < -0.3 is 43.8 Å². The van der Waals surface area contributed by atoms with Gasteiger partial charge in [0.25, 0.3) is 0 Å². The molecule has 0 aromatic carbocycles. The van der Waals surface area contributed by atoms with Crippen molar-refractivity contribution in [2.24, 2.45) is 0 Å². The molecule has 0 aliphatic rings. The fourth-order valence-electron chi connectivity index (χ4n) is 3.59. The molecule has 258 valence electrons. The van der Waals surface area contributed by atoms with Crippen LogP contribution in [0.2, 0.25) is 0 Å². The first-order chi connectivity index (χ1) is 19.6. The second-order valence-electron chi connectivity index (χ2n) is 11.6. The standard InChI is InChI=1S/C16H32O2.2C6H16NO2.CH4O4S/c1-2-3-4-5-6-7-8-9-10-11-12-13-14-15-16(17)18;2*1-7(2,3-5-8)4-6-9;1-5-6(2,3)4/h2-15H2,1H3,(H,17,18);2*8-9H,3-6H2,1-2H3;1H3,(H,2,3,4)/q;2*+1;/p-2. The molecule has 12 nitrogen and oxygen atoms in total. The van der Waals surface area contributed by atoms with E-state index in [1.165, 1.54) is 70.6 Å². The molecular weight excluding hydrogens is 568 g/mol. The van der Waals surface area contributed by atoms with Crippen molar-refractivity contribution in [3.8, 4) is 0 Å². The Morgan fingerprint density at radius 3 is 1.05 bits per heavy atom. The van der Waals surface area contributed by atoms with Gasteiger partial charge in [-0.25, -0.2) is 8.42 Å². The van der Waals surface area contributed by atoms with Gasteiger partial charge in [0, 0.05) is 5.97 Å². The van der Waals surface area contributed by atoms with E-state index in [0.29, 0.717) is 35.1 Å². The minimum Gasteiger partial charge on any atom is -0.726 e. The molecule has 0 aliphatic carbocycles. The quantitative estimate of drug-likeness (QED) is 0.0554. The summed E-state index contributed by atoms with van der Waals surface area (Å²) in [6.45, 7) is 5.84. The number of aliphatic hydroxyl groups excluding tert-OH is 4. The maximum absolute atomic E-state index is 10.2. The fraction of sp³-hybridized carbons (Fsp3) is 0.966. The van der Waals surface area contributed by atoms with E-state index in [-0.39, 0.29) is 32.8 Å². The highest BCUT2D eigenvalue weighted by Gasteiger charge is 2.12. The lowest BCUT2D eigenvalue weighted by atomic mass is 10.0. The largest absolute Gasteiger partial charge is 0.726 e. The number of unbranched alkanes of at least 4 members (excludes halogenated alkanes) is 12. The van der Waals surface area contributed by atoms with Crippen molar-refractivity contribution in [2.75, 3.05) is 87.9 Å². The Labute approximate surface area is 257 Å². The van der Waals surface area contributed by atoms with Crippen molar-refractivity contribution in [3.05, 3.63) is 0 Å². The van der Waals surface area contributed by atoms with Crippen LogP contribution >= 0.6 is 0 Å². The van der Waals surface area contributed by atoms with E-state index in [2.05, 4.69) is 11.1 Å². The zero-order valence-electron chi connectivity index (χ0n) is 27.6. The Bertz CT molecular complexity index is 627. The number of nitrogens with zero attached hydrogens (tertiary/aromatic N) is 2. The Morgan fingerprint density at radius 1 is 0.619 bits per heavy atom. The number of hydrogen-bond acceptors (Lipinski definition) is 10. The predicted molar refractivity (Wildman–Crippen MR) is 164 cm³/mol. The lowest BCUT2D eigenvalue weighted by Crippen LogP contribution is -2.43. The van der Waals surface area contributed by atoms with Gasteiger partial charge in [-0.3, -0.25) is 4.18 Å². The van der Waals surface area contributed by atoms with E-state index in [1.54, 1.807) is 0 Å². The lowest BCUT2D eigenvalue weighted by molar-refractivity contribution is -0.890. The van der Waals surface area contributed by atoms with Crippen LogP contribution in [0.4, 0.5) is 0 Å². The molecule has 0 heterocycles. The molecule has 0 amide bonds. The molecular formula is C29H66N2O10S. The number of likely N-dealkylation sites (N-methyl/N-ethyl adjacent to an activating group) is 2. The molecule has 0 atom stereocenters. The van der Waals surface area contributed by atoms with Gasteiger partial charge in [-0.2, -0.15) is 0 Å². The molecule has 0 bridgehead atoms. The molecule has 0 unspecified atom stereocenters. The van der Waals surface area contributed by atoms with Gasteiger partial charge >= 0.3 is 0 Å². The number of carbonyl (C=O) groups excluding carboxylic acids is 1. The maximum Gasteiger partial charge on any atom is 0.217 e. The van der Waals surface area contributed by atoms with E-state index >= 15 is 0 Å². The number of carboxylic acids is 1. The van der Waals surface area contributed by atoms with Gasteiger partial charge in [-0.15, -0.1) is 0 Å². The molecule has 0 saturated carbocycles. The summed E-state index contributed by atoms with van der Waals surface area (Å²) in [6, 6.07) is 0. The lowest BCUT2D eigenvalue weighted by Gasteiger charge is -2.27. The Hall–Kier alpha value is -0.900. The summed E-state index contributed by atoms with van der Waals surface area (Å²) >= 11 is 0. The molecule has 0 spiro atoms. The van der Waals surface area contributed by atoms with Crippen molar-refractivity contribution < 1.29 is 56.4 Å². The average Bonchev–Trinajstić information content (AvgIpc) is 2.87. The molecule has 0 fully saturated rings. The molecule has 0 saturated heterocycles. The number of aliphatic hydroxyl groups is 4. The number of carbonyl (C=O) groups is 1. The van der Waals surface area contributed by atoms with Crippen LogP contribution in [0.3, 0.4) is 0 Å². The summed E-state index contributed by atoms with van der Waals surface area (Å²) < 4.78 is 32.4. The van der Waals surface area contributed by atoms with Crippen LogP contribution in [-0.2, 0) is 19.4 Å². The topological polar surface area (TPSA) is 187 Å². The Morgan fingerprint density at radius 2 is 0.857 bits per heavy atom. The van der Waals surface area contributed by atoms with Gasteiger partial charge in [-0.05, 0) is 12.8 Å². The zero-order valence-corrected chi connectivity index (χ0v) is 28.4. The summed E-state index contributed by atoms with van der Waals surface area (Å²) in [5.74, 6) is -0.905. The van der Waals surface area contributed by atoms with Gasteiger partial charge in [0.15, 0.2) is 0 Å². The second kappa shape index (κ2) is 33.0. The van der Waals surface area contributed by atoms with E-state index in [9.17, 15) is 22.9 Å². The summed E-state index contributed by atoms with van der Waals surface area (Å²) in [5.41, 5.74) is 0. The Kier molecular flexibility index (Phi) is 37.7. The molecule has 13 heteroatoms. The summed E-state index contributed by atoms with van der Waals surface area (Å²) in [5, 5.41) is 44.3. The highest BCUT2D eigenvalue weighted by Crippen LogP contribution is 2.12. The zero-order chi connectivity index (χ0) is 33.3. The van der Waals surface area contributed by atoms with Crippen molar-refractivity contribution in [2.45, 2.75) is 96.8 Å². The van der Waals surface area contributed by atoms with Crippen LogP contribution in [0.25, 0.3) is 0 Å². The third kappa shape index (κ3) is 51.8. The van der Waals surface area contributed by atoms with E-state index in [1.807, 2.05) is 28.2 Å². The van der Waals surface area contributed by atoms with Crippen molar-refractivity contribution in [1.29, 1.82) is 0 Å². The smallest absolute Gasteiger partial charge is 0.217 e. The first-order valence-electron chi connectivity index (χ1n) is 15.4. The van der Waals surface area contributed by atoms with Crippen LogP contribution in [-0.4, -0.2) is 136 Å². The molecule has 0 aliphatic heterocycles. The van der Waals surface area contributed by atoms with Gasteiger partial charge in [-0.1, -0.05) is 84.0 Å². The third-order valence-corrected chi connectivity index (χ3v) is 6.92. The monoisotopic (exact) mass is 634 g/mol. The SMILES string of the molecule is CCCCCCCCCCCCCCCC(=O)[O-].COS(=O)(=O)[O-].C[N+](C)(CCO)CCO.C[N+](C)(CCO)CCO. The molecule has 0 radical (unpaired) electrons. The number of hydrogen-bond donors (Lipinski definition) is 4. The molecule has 0 rings (SSSR count). The fourth-order valence-corrected chi connectivity index (χ4v) is 3.59. The van der Waals surface area contributed by atoms with Gasteiger partial charge in [0.1, 0.15) is 26.2 Å². The molecule has 42 heavy (non-hydrogen) atoms. The van der Waals surface area contributed by atoms with Crippen LogP contribution < -0.4 is 5.11 Å². The van der Waals surface area contributed by atoms with Crippen LogP contribution in [0.1, 0.15) is 96.8 Å². The predicted octanol–water partition coefficient (Wildman–Crippen LogP) is 1.41. The third-order valence-electron chi connectivity index (χ3n) is 6.51. The van der Waals surface area contributed by atoms with E-state index in [0.717, 1.165) is 20.0 Å². The van der Waals surface area contributed by atoms with Crippen LogP contribution in [0, 0.1) is 0 Å². The number of rotatable bonds is 23. The highest BCUT2D eigenvalue weighted by atomic mass is 32.3. The number of carboxylic acid groups (broad SMARTS) is 1. The second-order valence-corrected chi connectivity index (χ2v) is 12.7. The minimum atomic E-state index is -4.41. The van der Waals surface area contributed by atoms with Crippen LogP contribution in [0.15, 0.2) is 0 Å². The minimum absolute atomic E-state index is 0.188. The molecule has 0 aromatic heterocycles. The van der Waals surface area contributed by atoms with Gasteiger partial charge in [0.2, 0.25) is 10.4 Å². The molecule has 0 aromatic rings. The highest BCUT2D eigenvalue weighted by molar-refractivity contribution is 7.80.